The first-order valence-electron chi connectivity index (χ1n) is 7.59. The van der Waals surface area contributed by atoms with Crippen LogP contribution in [0.15, 0.2) is 88.3 Å². The van der Waals surface area contributed by atoms with E-state index in [0.717, 1.165) is 27.2 Å². The molecule has 0 fully saturated rings. The van der Waals surface area contributed by atoms with Crippen molar-refractivity contribution >= 4 is 27.8 Å². The summed E-state index contributed by atoms with van der Waals surface area (Å²) < 4.78 is 13.5. The molecule has 0 saturated carbocycles. The molecular formula is C20H14BrNO2. The summed E-state index contributed by atoms with van der Waals surface area (Å²) in [5, 5.41) is 0. The first kappa shape index (κ1) is 15.0. The second-order valence-corrected chi connectivity index (χ2v) is 6.33. The largest absolute Gasteiger partial charge is 0.443 e. The zero-order valence-corrected chi connectivity index (χ0v) is 14.3. The molecule has 118 valence electrons. The van der Waals surface area contributed by atoms with Gasteiger partial charge in [-0.15, -0.1) is 0 Å². The van der Waals surface area contributed by atoms with Gasteiger partial charge in [-0.3, -0.25) is 4.99 Å². The van der Waals surface area contributed by atoms with Crippen molar-refractivity contribution in [3.63, 3.8) is 0 Å². The molecule has 1 aliphatic heterocycles. The lowest BCUT2D eigenvalue weighted by molar-refractivity contribution is -0.0503. The van der Waals surface area contributed by atoms with E-state index in [1.54, 1.807) is 6.21 Å². The van der Waals surface area contributed by atoms with Gasteiger partial charge in [0.25, 0.3) is 0 Å². The number of nitrogens with zero attached hydrogens (tertiary/aromatic N) is 1. The Labute approximate surface area is 148 Å². The number of fused-ring (bicyclic) bond motifs is 1. The van der Waals surface area contributed by atoms with E-state index in [9.17, 15) is 0 Å². The molecule has 0 aliphatic carbocycles. The Hall–Kier alpha value is -2.59. The van der Waals surface area contributed by atoms with Crippen molar-refractivity contribution < 1.29 is 9.47 Å². The fraction of sp³-hybridized carbons (Fsp3) is 0.0500. The van der Waals surface area contributed by atoms with Crippen molar-refractivity contribution in [3.8, 4) is 11.5 Å². The van der Waals surface area contributed by atoms with Crippen molar-refractivity contribution in [2.75, 3.05) is 0 Å². The van der Waals surface area contributed by atoms with Gasteiger partial charge in [0.15, 0.2) is 0 Å². The number of rotatable bonds is 4. The van der Waals surface area contributed by atoms with E-state index in [0.29, 0.717) is 0 Å². The minimum atomic E-state index is -1.08. The van der Waals surface area contributed by atoms with Gasteiger partial charge in [0.1, 0.15) is 11.5 Å². The minimum Gasteiger partial charge on any atom is -0.443 e. The lowest BCUT2D eigenvalue weighted by Crippen LogP contribution is -2.39. The van der Waals surface area contributed by atoms with E-state index in [1.807, 2.05) is 78.9 Å². The molecular weight excluding hydrogens is 366 g/mol. The standard InChI is InChI=1S/C20H14BrNO2/c21-15-11-12-18-19(13-15)22-14-20(18,23-16-7-3-1-4-8-16)24-17-9-5-2-6-10-17/h1-14H. The second-order valence-electron chi connectivity index (χ2n) is 5.42. The first-order chi connectivity index (χ1) is 11.8. The highest BCUT2D eigenvalue weighted by Crippen LogP contribution is 2.41. The molecule has 3 aromatic rings. The quantitative estimate of drug-likeness (QED) is 0.562. The Balaban J connectivity index is 1.78. The Kier molecular flexibility index (Phi) is 3.82. The Morgan fingerprint density at radius 3 is 1.92 bits per heavy atom. The molecule has 0 aromatic heterocycles. The predicted molar refractivity (Wildman–Crippen MR) is 98.1 cm³/mol. The van der Waals surface area contributed by atoms with Gasteiger partial charge in [-0.05, 0) is 42.5 Å². The molecule has 4 heteroatoms. The van der Waals surface area contributed by atoms with Crippen LogP contribution in [0.3, 0.4) is 0 Å². The Morgan fingerprint density at radius 1 is 0.750 bits per heavy atom. The monoisotopic (exact) mass is 379 g/mol. The highest BCUT2D eigenvalue weighted by Gasteiger charge is 2.42. The van der Waals surface area contributed by atoms with Crippen molar-refractivity contribution in [2.45, 2.75) is 5.79 Å². The third-order valence-corrected chi connectivity index (χ3v) is 4.23. The number of halogens is 1. The van der Waals surface area contributed by atoms with Crippen LogP contribution < -0.4 is 9.47 Å². The summed E-state index contributed by atoms with van der Waals surface area (Å²) in [5.74, 6) is 0.352. The van der Waals surface area contributed by atoms with Gasteiger partial charge in [-0.25, -0.2) is 0 Å². The smallest absolute Gasteiger partial charge is 0.317 e. The van der Waals surface area contributed by atoms with E-state index in [1.165, 1.54) is 0 Å². The van der Waals surface area contributed by atoms with Gasteiger partial charge >= 0.3 is 5.79 Å². The average Bonchev–Trinajstić information content (AvgIpc) is 2.94. The van der Waals surface area contributed by atoms with Crippen LogP contribution in [0.4, 0.5) is 5.69 Å². The molecule has 4 rings (SSSR count). The maximum Gasteiger partial charge on any atom is 0.317 e. The van der Waals surface area contributed by atoms with Gasteiger partial charge in [0, 0.05) is 4.47 Å². The molecule has 3 nitrogen and oxygen atoms in total. The average molecular weight is 380 g/mol. The van der Waals surface area contributed by atoms with Crippen LogP contribution in [0.1, 0.15) is 5.56 Å². The summed E-state index contributed by atoms with van der Waals surface area (Å²) in [4.78, 5) is 4.50. The fourth-order valence-corrected chi connectivity index (χ4v) is 2.99. The molecule has 0 radical (unpaired) electrons. The number of aliphatic imine (C=N–C) groups is 1. The summed E-state index contributed by atoms with van der Waals surface area (Å²) in [6.07, 6.45) is 1.71. The van der Waals surface area contributed by atoms with Crippen molar-refractivity contribution in [1.82, 2.24) is 0 Å². The lowest BCUT2D eigenvalue weighted by Gasteiger charge is -2.29. The van der Waals surface area contributed by atoms with Crippen LogP contribution in [0.25, 0.3) is 0 Å². The molecule has 1 heterocycles. The van der Waals surface area contributed by atoms with E-state index in [2.05, 4.69) is 20.9 Å². The van der Waals surface area contributed by atoms with Gasteiger partial charge in [-0.2, -0.15) is 0 Å². The molecule has 0 bridgehead atoms. The third kappa shape index (κ3) is 2.81. The van der Waals surface area contributed by atoms with Crippen molar-refractivity contribution in [1.29, 1.82) is 0 Å². The maximum atomic E-state index is 6.25. The summed E-state index contributed by atoms with van der Waals surface area (Å²) in [6, 6.07) is 25.1. The molecule has 0 atom stereocenters. The predicted octanol–water partition coefficient (Wildman–Crippen LogP) is 5.48. The van der Waals surface area contributed by atoms with E-state index in [-0.39, 0.29) is 0 Å². The van der Waals surface area contributed by atoms with E-state index < -0.39 is 5.79 Å². The number of ether oxygens (including phenoxy) is 2. The Morgan fingerprint density at radius 2 is 1.33 bits per heavy atom. The van der Waals surface area contributed by atoms with Crippen LogP contribution >= 0.6 is 15.9 Å². The number of hydrogen-bond acceptors (Lipinski definition) is 3. The SMILES string of the molecule is Brc1ccc2c(c1)N=CC2(Oc1ccccc1)Oc1ccccc1. The van der Waals surface area contributed by atoms with Crippen LogP contribution in [0.5, 0.6) is 11.5 Å². The summed E-state index contributed by atoms with van der Waals surface area (Å²) in [7, 11) is 0. The summed E-state index contributed by atoms with van der Waals surface area (Å²) >= 11 is 3.48. The van der Waals surface area contributed by atoms with Crippen molar-refractivity contribution in [2.24, 2.45) is 4.99 Å². The van der Waals surface area contributed by atoms with Crippen LogP contribution in [-0.2, 0) is 5.79 Å². The Bertz CT molecular complexity index is 837. The van der Waals surface area contributed by atoms with Crippen LogP contribution in [0, 0.1) is 0 Å². The van der Waals surface area contributed by atoms with Gasteiger partial charge < -0.3 is 9.47 Å². The highest BCUT2D eigenvalue weighted by atomic mass is 79.9. The topological polar surface area (TPSA) is 30.8 Å². The molecule has 24 heavy (non-hydrogen) atoms. The molecule has 1 aliphatic rings. The maximum absolute atomic E-state index is 6.25. The minimum absolute atomic E-state index is 0.718. The van der Waals surface area contributed by atoms with Crippen molar-refractivity contribution in [3.05, 3.63) is 88.9 Å². The molecule has 0 spiro atoms. The third-order valence-electron chi connectivity index (χ3n) is 3.73. The summed E-state index contributed by atoms with van der Waals surface area (Å²) in [6.45, 7) is 0. The molecule has 0 N–H and O–H groups in total. The first-order valence-corrected chi connectivity index (χ1v) is 8.38. The zero-order chi connectivity index (χ0) is 16.4. The molecule has 3 aromatic carbocycles. The van der Waals surface area contributed by atoms with Crippen LogP contribution in [0.2, 0.25) is 0 Å². The lowest BCUT2D eigenvalue weighted by atomic mass is 10.1. The number of benzene rings is 3. The molecule has 0 saturated heterocycles. The zero-order valence-electron chi connectivity index (χ0n) is 12.7. The molecule has 0 amide bonds. The van der Waals surface area contributed by atoms with Gasteiger partial charge in [0.05, 0.1) is 17.5 Å². The van der Waals surface area contributed by atoms with Gasteiger partial charge in [0.2, 0.25) is 0 Å². The molecule has 0 unspecified atom stereocenters. The fourth-order valence-electron chi connectivity index (χ4n) is 2.64. The normalized spacial score (nSPS) is 14.2. The van der Waals surface area contributed by atoms with E-state index >= 15 is 0 Å². The second kappa shape index (κ2) is 6.13. The number of para-hydroxylation sites is 2. The highest BCUT2D eigenvalue weighted by molar-refractivity contribution is 9.10. The van der Waals surface area contributed by atoms with Gasteiger partial charge in [-0.1, -0.05) is 52.3 Å². The van der Waals surface area contributed by atoms with Crippen LogP contribution in [-0.4, -0.2) is 6.21 Å². The van der Waals surface area contributed by atoms with E-state index in [4.69, 9.17) is 9.47 Å². The number of hydrogen-bond donors (Lipinski definition) is 0. The summed E-state index contributed by atoms with van der Waals surface area (Å²) in [5.41, 5.74) is 1.70.